The van der Waals surface area contributed by atoms with Crippen LogP contribution in [0.2, 0.25) is 0 Å². The van der Waals surface area contributed by atoms with E-state index in [4.69, 9.17) is 10.3 Å². The fraction of sp³-hybridized carbons (Fsp3) is 0.178. The molecule has 0 bridgehead atoms. The molecule has 0 fully saturated rings. The minimum atomic E-state index is 0. The van der Waals surface area contributed by atoms with Gasteiger partial charge in [0.15, 0.2) is 0 Å². The van der Waals surface area contributed by atoms with Crippen molar-refractivity contribution in [2.24, 2.45) is 19.1 Å². The molecule has 6 nitrogen and oxygen atoms in total. The van der Waals surface area contributed by atoms with E-state index in [1.807, 2.05) is 256 Å². The number of benzene rings is 10. The van der Waals surface area contributed by atoms with Crippen molar-refractivity contribution in [2.45, 2.75) is 91.5 Å². The van der Waals surface area contributed by atoms with E-state index >= 15 is 0 Å². The van der Waals surface area contributed by atoms with Crippen molar-refractivity contribution in [2.75, 3.05) is 0 Å². The van der Waals surface area contributed by atoms with Gasteiger partial charge in [0.25, 0.3) is 0 Å². The number of aromatic nitrogens is 4. The van der Waals surface area contributed by atoms with Crippen molar-refractivity contribution in [3.8, 4) is 0 Å². The third kappa shape index (κ3) is 35.8. The number of rotatable bonds is 11. The Morgan fingerprint density at radius 3 is 0.847 bits per heavy atom. The van der Waals surface area contributed by atoms with Crippen LogP contribution in [0.1, 0.15) is 163 Å². The minimum absolute atomic E-state index is 0. The number of hydrogen-bond acceptors (Lipinski definition) is 3. The van der Waals surface area contributed by atoms with Crippen molar-refractivity contribution in [1.82, 2.24) is 19.6 Å². The Labute approximate surface area is 629 Å². The van der Waals surface area contributed by atoms with E-state index in [-0.39, 0.29) is 57.7 Å². The molecule has 0 spiro atoms. The summed E-state index contributed by atoms with van der Waals surface area (Å²) in [5.74, 6) is 1.79. The first-order valence-corrected chi connectivity index (χ1v) is 32.8. The van der Waals surface area contributed by atoms with Crippen LogP contribution in [-0.2, 0) is 72.2 Å². The Bertz CT molecular complexity index is 3490. The molecule has 98 heavy (non-hydrogen) atoms. The summed E-state index contributed by atoms with van der Waals surface area (Å²) >= 11 is 0. The standard InChI is InChI=1S/C24H30N3.C17H23N3.7C7H7.2Hf/c1-17(2)20-12-9-13-21(18(3)4)24(20)25-23(22-14-15-27(5)26-22)16-19-10-7-6-8-11-19;1-12(2)15-7-6-8-16(13(3)4)17(15)18-11-14-9-10-20(5)19-14;7*1-7-5-3-2-4-6-7;;/h6-15,17-18,23H,16H2,1-5H3;6-13H,1-5H3;7*2-6H,1H2;;/q-1;;7*-1;;+4. The van der Waals surface area contributed by atoms with Crippen molar-refractivity contribution >= 4 is 17.6 Å². The molecule has 0 aliphatic rings. The molecule has 1 atom stereocenters. The molecular weight excluding hydrogens is 1520 g/mol. The average molecular weight is 1620 g/mol. The summed E-state index contributed by atoms with van der Waals surface area (Å²) in [5, 5.41) is 14.3. The summed E-state index contributed by atoms with van der Waals surface area (Å²) in [7, 11) is 3.88. The molecule has 0 aliphatic heterocycles. The van der Waals surface area contributed by atoms with Crippen molar-refractivity contribution in [1.29, 1.82) is 0 Å². The van der Waals surface area contributed by atoms with Crippen LogP contribution in [0.5, 0.6) is 0 Å². The number of aliphatic imine (C=N–C) groups is 1. The van der Waals surface area contributed by atoms with Crippen molar-refractivity contribution < 1.29 is 51.7 Å². The summed E-state index contributed by atoms with van der Waals surface area (Å²) in [6.45, 7) is 43.8. The molecular formula is C90H102Hf2N6-4. The van der Waals surface area contributed by atoms with Crippen LogP contribution in [0, 0.1) is 48.5 Å². The van der Waals surface area contributed by atoms with E-state index in [1.54, 1.807) is 4.68 Å². The molecule has 0 saturated heterocycles. The van der Waals surface area contributed by atoms with Crippen LogP contribution in [0.25, 0.3) is 5.32 Å². The second kappa shape index (κ2) is 49.4. The predicted octanol–water partition coefficient (Wildman–Crippen LogP) is 24.2. The number of nitrogens with zero attached hydrogens (tertiary/aromatic N) is 6. The van der Waals surface area contributed by atoms with Gasteiger partial charge in [-0.3, -0.25) is 14.4 Å². The first-order chi connectivity index (χ1) is 46.2. The van der Waals surface area contributed by atoms with Crippen molar-refractivity contribution in [3.63, 3.8) is 0 Å². The van der Waals surface area contributed by atoms with Crippen LogP contribution in [0.4, 0.5) is 11.4 Å². The van der Waals surface area contributed by atoms with Crippen LogP contribution in [-0.4, -0.2) is 25.8 Å². The van der Waals surface area contributed by atoms with Crippen LogP contribution in [0.15, 0.2) is 309 Å². The van der Waals surface area contributed by atoms with Gasteiger partial charge in [0, 0.05) is 58.0 Å². The van der Waals surface area contributed by atoms with E-state index in [2.05, 4.69) is 187 Å². The van der Waals surface area contributed by atoms with Gasteiger partial charge in [0.05, 0.1) is 11.9 Å². The molecule has 0 aliphatic carbocycles. The van der Waals surface area contributed by atoms with Gasteiger partial charge >= 0.3 is 25.8 Å². The van der Waals surface area contributed by atoms with Gasteiger partial charge < -0.3 is 5.32 Å². The van der Waals surface area contributed by atoms with Crippen molar-refractivity contribution in [3.05, 3.63) is 436 Å². The Hall–Kier alpha value is -9.08. The van der Waals surface area contributed by atoms with Gasteiger partial charge in [0.2, 0.25) is 0 Å². The molecule has 12 rings (SSSR count). The molecule has 0 saturated carbocycles. The average Bonchev–Trinajstić information content (AvgIpc) is 1.11. The first kappa shape index (κ1) is 85.0. The Balaban J connectivity index is 0.000000401. The molecule has 0 amide bonds. The molecule has 12 aromatic rings. The largest absolute Gasteiger partial charge is 4.00 e. The molecule has 8 heteroatoms. The maximum absolute atomic E-state index is 5.30. The fourth-order valence-electron chi connectivity index (χ4n) is 9.12. The SMILES string of the molecule is CC(C)c1cccc(C(C)C)c1N=Cc1ccn(C)n1.CC(C)c1cccc(C(C)C)c1[N-]C(Cc1ccccc1)c1ccn(C)n1.[CH2-]c1ccccc1.[CH2-]c1ccccc1.[CH2-]c1ccccc1.[CH2-]c1ccccc1.[CH2-]c1ccccc1.[CH2-]c1ccccc1.[CH2-]c1ccccc1.[Hf+4].[Hf]. The maximum atomic E-state index is 5.30. The predicted molar refractivity (Wildman–Crippen MR) is 415 cm³/mol. The molecule has 2 aromatic heterocycles. The molecule has 0 N–H and O–H groups in total. The molecule has 10 aromatic carbocycles. The zero-order valence-corrected chi connectivity index (χ0v) is 66.9. The summed E-state index contributed by atoms with van der Waals surface area (Å²) in [5.41, 5.74) is 18.2. The third-order valence-electron chi connectivity index (χ3n) is 14.3. The number of aryl methyl sites for hydroxylation is 2. The molecule has 0 radical (unpaired) electrons. The van der Waals surface area contributed by atoms with E-state index in [0.717, 1.165) is 68.1 Å². The fourth-order valence-corrected chi connectivity index (χ4v) is 9.12. The van der Waals surface area contributed by atoms with E-state index in [9.17, 15) is 0 Å². The van der Waals surface area contributed by atoms with Gasteiger partial charge in [0.1, 0.15) is 5.69 Å². The Kier molecular flexibility index (Phi) is 42.9. The minimum Gasteiger partial charge on any atom is -0.676 e. The normalized spacial score (nSPS) is 10.2. The summed E-state index contributed by atoms with van der Waals surface area (Å²) in [6.07, 6.45) is 6.63. The van der Waals surface area contributed by atoms with Gasteiger partial charge in [-0.05, 0) is 58.9 Å². The van der Waals surface area contributed by atoms with Crippen LogP contribution < -0.4 is 0 Å². The maximum Gasteiger partial charge on any atom is 4.00 e. The quantitative estimate of drug-likeness (QED) is 0.0736. The number of para-hydroxylation sites is 2. The monoisotopic (exact) mass is 1630 g/mol. The van der Waals surface area contributed by atoms with E-state index < -0.39 is 0 Å². The third-order valence-corrected chi connectivity index (χ3v) is 14.3. The summed E-state index contributed by atoms with van der Waals surface area (Å²) in [6, 6.07) is 96.8. The molecule has 1 unspecified atom stereocenters. The van der Waals surface area contributed by atoms with Crippen LogP contribution in [0.3, 0.4) is 0 Å². The zero-order chi connectivity index (χ0) is 69.9. The van der Waals surface area contributed by atoms with Gasteiger partial charge in [-0.2, -0.15) is 183 Å². The smallest absolute Gasteiger partial charge is 0.676 e. The van der Waals surface area contributed by atoms with E-state index in [0.29, 0.717) is 23.7 Å². The topological polar surface area (TPSA) is 62.1 Å². The molecule has 504 valence electrons. The first-order valence-electron chi connectivity index (χ1n) is 32.8. The summed E-state index contributed by atoms with van der Waals surface area (Å²) in [4.78, 5) is 4.73. The Morgan fingerprint density at radius 1 is 0.347 bits per heavy atom. The second-order valence-electron chi connectivity index (χ2n) is 24.0. The van der Waals surface area contributed by atoms with Gasteiger partial charge in [-0.15, -0.1) is 90.6 Å². The zero-order valence-electron chi connectivity index (χ0n) is 59.7. The van der Waals surface area contributed by atoms with Gasteiger partial charge in [-0.1, -0.05) is 182 Å². The van der Waals surface area contributed by atoms with Crippen LogP contribution >= 0.6 is 0 Å². The Morgan fingerprint density at radius 2 is 0.612 bits per heavy atom. The number of hydrogen-bond donors (Lipinski definition) is 0. The summed E-state index contributed by atoms with van der Waals surface area (Å²) < 4.78 is 3.65. The van der Waals surface area contributed by atoms with Gasteiger partial charge in [-0.25, -0.2) is 0 Å². The molecule has 2 heterocycles. The second-order valence-corrected chi connectivity index (χ2v) is 24.0. The van der Waals surface area contributed by atoms with E-state index in [1.165, 1.54) is 27.8 Å².